The molecule has 2 bridgehead atoms. The number of nitrogens with two attached hydrogens (primary N) is 1. The quantitative estimate of drug-likeness (QED) is 0.243. The normalized spacial score (nSPS) is 20.6. The van der Waals surface area contributed by atoms with E-state index in [-0.39, 0.29) is 23.9 Å². The summed E-state index contributed by atoms with van der Waals surface area (Å²) in [5.74, 6) is 2.27. The average Bonchev–Trinajstić information content (AvgIpc) is 3.39. The number of imidazole rings is 1. The van der Waals surface area contributed by atoms with E-state index < -0.39 is 0 Å². The molecule has 3 N–H and O–H groups in total. The Hall–Kier alpha value is -5.16. The number of para-hydroxylation sites is 1. The van der Waals surface area contributed by atoms with Crippen molar-refractivity contribution in [1.82, 2.24) is 33.8 Å². The summed E-state index contributed by atoms with van der Waals surface area (Å²) >= 11 is 0. The third-order valence-electron chi connectivity index (χ3n) is 10.4. The Balaban J connectivity index is 1.20. The van der Waals surface area contributed by atoms with Crippen LogP contribution < -0.4 is 10.5 Å². The van der Waals surface area contributed by atoms with Gasteiger partial charge in [0.05, 0.1) is 31.1 Å². The Morgan fingerprint density at radius 2 is 1.94 bits per heavy atom. The van der Waals surface area contributed by atoms with Crippen LogP contribution in [0.25, 0.3) is 39.1 Å². The van der Waals surface area contributed by atoms with E-state index in [9.17, 15) is 9.90 Å². The summed E-state index contributed by atoms with van der Waals surface area (Å²) in [7, 11) is 1.64. The highest BCUT2D eigenvalue weighted by atomic mass is 16.5. The van der Waals surface area contributed by atoms with Crippen LogP contribution in [0.2, 0.25) is 0 Å². The molecule has 3 fully saturated rings. The van der Waals surface area contributed by atoms with Gasteiger partial charge < -0.3 is 29.6 Å². The minimum absolute atomic E-state index is 0.0237. The second-order valence-corrected chi connectivity index (χ2v) is 13.3. The molecule has 11 nitrogen and oxygen atoms in total. The molecule has 0 radical (unpaired) electrons. The number of rotatable bonds is 8. The third kappa shape index (κ3) is 4.59. The van der Waals surface area contributed by atoms with Crippen LogP contribution >= 0.6 is 0 Å². The number of carbonyl (C=O) groups excluding carboxylic acids is 1. The molecule has 238 valence electrons. The predicted octanol–water partition coefficient (Wildman–Crippen LogP) is 4.97. The highest BCUT2D eigenvalue weighted by molar-refractivity contribution is 6.00. The maximum absolute atomic E-state index is 14.0. The zero-order chi connectivity index (χ0) is 31.8. The zero-order valence-corrected chi connectivity index (χ0v) is 26.2. The fraction of sp³-hybridized carbons (Fsp3) is 0.333. The molecule has 2 aromatic carbocycles. The number of amides is 1. The SMILES string of the molecule is COc1cc(C(=O)N2CC3CCC2[C@@H]3N)cc2nc(-c3cc4ccccc4n3CC3CC3)n(Cc3cnn(-c4cccnc4O)c3)c12. The molecule has 9 rings (SSSR count). The minimum atomic E-state index is -0.0911. The van der Waals surface area contributed by atoms with Gasteiger partial charge in [0, 0.05) is 59.6 Å². The number of nitrogens with zero attached hydrogens (tertiary/aromatic N) is 7. The molecule has 4 aromatic heterocycles. The summed E-state index contributed by atoms with van der Waals surface area (Å²) in [4.78, 5) is 25.2. The summed E-state index contributed by atoms with van der Waals surface area (Å²) < 4.78 is 12.2. The third-order valence-corrected chi connectivity index (χ3v) is 10.4. The lowest BCUT2D eigenvalue weighted by Crippen LogP contribution is -2.41. The van der Waals surface area contributed by atoms with E-state index >= 15 is 0 Å². The summed E-state index contributed by atoms with van der Waals surface area (Å²) in [6.07, 6.45) is 9.71. The van der Waals surface area contributed by atoms with Crippen molar-refractivity contribution in [2.45, 2.75) is 50.9 Å². The van der Waals surface area contributed by atoms with Gasteiger partial charge in [-0.05, 0) is 73.9 Å². The minimum Gasteiger partial charge on any atom is -0.494 e. The highest BCUT2D eigenvalue weighted by Crippen LogP contribution is 2.41. The Labute approximate surface area is 271 Å². The summed E-state index contributed by atoms with van der Waals surface area (Å²) in [5, 5.41) is 16.1. The van der Waals surface area contributed by atoms with Crippen molar-refractivity contribution in [3.63, 3.8) is 0 Å². The van der Waals surface area contributed by atoms with E-state index in [1.807, 2.05) is 23.2 Å². The van der Waals surface area contributed by atoms with Crippen LogP contribution in [0.3, 0.4) is 0 Å². The number of ether oxygens (including phenoxy) is 1. The first kappa shape index (κ1) is 28.1. The van der Waals surface area contributed by atoms with Gasteiger partial charge in [0.1, 0.15) is 17.0 Å². The molecule has 5 heterocycles. The van der Waals surface area contributed by atoms with Crippen LogP contribution in [-0.4, -0.2) is 70.5 Å². The number of aromatic nitrogens is 6. The lowest BCUT2D eigenvalue weighted by atomic mass is 10.1. The Kier molecular flexibility index (Phi) is 6.39. The number of hydrogen-bond acceptors (Lipinski definition) is 7. The Morgan fingerprint density at radius 3 is 2.70 bits per heavy atom. The van der Waals surface area contributed by atoms with Crippen molar-refractivity contribution in [1.29, 1.82) is 0 Å². The van der Waals surface area contributed by atoms with E-state index in [0.717, 1.165) is 47.4 Å². The molecule has 1 saturated heterocycles. The first-order valence-electron chi connectivity index (χ1n) is 16.4. The Bertz CT molecular complexity index is 2180. The molecule has 2 unspecified atom stereocenters. The first-order valence-corrected chi connectivity index (χ1v) is 16.4. The number of likely N-dealkylation sites (tertiary alicyclic amines) is 1. The van der Waals surface area contributed by atoms with Crippen molar-refractivity contribution in [2.24, 2.45) is 17.6 Å². The number of aromatic hydroxyl groups is 1. The molecule has 0 spiro atoms. The zero-order valence-electron chi connectivity index (χ0n) is 26.2. The molecular weight excluding hydrogens is 592 g/mol. The number of pyridine rings is 1. The smallest absolute Gasteiger partial charge is 0.254 e. The van der Waals surface area contributed by atoms with Gasteiger partial charge >= 0.3 is 0 Å². The molecule has 47 heavy (non-hydrogen) atoms. The van der Waals surface area contributed by atoms with Crippen molar-refractivity contribution in [3.05, 3.63) is 84.3 Å². The van der Waals surface area contributed by atoms with Gasteiger partial charge in [0.25, 0.3) is 5.91 Å². The van der Waals surface area contributed by atoms with E-state index in [1.165, 1.54) is 18.4 Å². The van der Waals surface area contributed by atoms with E-state index in [2.05, 4.69) is 49.5 Å². The monoisotopic (exact) mass is 628 g/mol. The summed E-state index contributed by atoms with van der Waals surface area (Å²) in [6.45, 7) is 2.05. The van der Waals surface area contributed by atoms with Gasteiger partial charge in [0.2, 0.25) is 5.88 Å². The van der Waals surface area contributed by atoms with Gasteiger partial charge in [-0.25, -0.2) is 14.6 Å². The van der Waals surface area contributed by atoms with Crippen molar-refractivity contribution in [2.75, 3.05) is 13.7 Å². The number of benzene rings is 2. The van der Waals surface area contributed by atoms with Gasteiger partial charge in [0.15, 0.2) is 5.82 Å². The van der Waals surface area contributed by atoms with Crippen LogP contribution in [0.15, 0.2) is 73.2 Å². The van der Waals surface area contributed by atoms with Crippen molar-refractivity contribution < 1.29 is 14.6 Å². The van der Waals surface area contributed by atoms with Crippen molar-refractivity contribution in [3.8, 4) is 28.8 Å². The van der Waals surface area contributed by atoms with Crippen molar-refractivity contribution >= 4 is 27.8 Å². The number of hydrogen-bond donors (Lipinski definition) is 2. The molecule has 1 aliphatic heterocycles. The molecule has 6 aromatic rings. The first-order chi connectivity index (χ1) is 23.0. The molecule has 2 aliphatic carbocycles. The van der Waals surface area contributed by atoms with Crippen LogP contribution in [0.4, 0.5) is 0 Å². The number of methoxy groups -OCH3 is 1. The molecule has 2 saturated carbocycles. The molecular formula is C36H36N8O3. The second-order valence-electron chi connectivity index (χ2n) is 13.3. The lowest BCUT2D eigenvalue weighted by Gasteiger charge is -2.27. The molecule has 3 aliphatic rings. The standard InChI is InChI=1S/C36H36N8O3/c1-47-31-15-25(36(46)42-20-24-10-11-28(42)32(24)37)13-26-33(31)43(18-22-16-39-44(19-22)29-7-4-12-38-35(29)45)34(40-26)30-14-23-5-2-3-6-27(23)41(30)17-21-8-9-21/h2-7,12-16,19,21,24,28,32H,8-11,17-18,20,37H2,1H3,(H,38,45)/t24?,28?,32-/m1/s1. The largest absolute Gasteiger partial charge is 0.494 e. The van der Waals surface area contributed by atoms with Crippen LogP contribution in [0.1, 0.15) is 41.6 Å². The van der Waals surface area contributed by atoms with E-state index in [4.69, 9.17) is 15.5 Å². The van der Waals surface area contributed by atoms with E-state index in [1.54, 1.807) is 36.3 Å². The lowest BCUT2D eigenvalue weighted by molar-refractivity contribution is 0.0700. The average molecular weight is 629 g/mol. The van der Waals surface area contributed by atoms with Gasteiger partial charge in [-0.15, -0.1) is 0 Å². The maximum atomic E-state index is 14.0. The van der Waals surface area contributed by atoms with Gasteiger partial charge in [-0.2, -0.15) is 5.10 Å². The topological polar surface area (TPSA) is 129 Å². The van der Waals surface area contributed by atoms with Crippen LogP contribution in [0, 0.1) is 11.8 Å². The molecule has 1 amide bonds. The van der Waals surface area contributed by atoms with Crippen LogP contribution in [-0.2, 0) is 13.1 Å². The second kappa shape index (κ2) is 10.7. The highest BCUT2D eigenvalue weighted by Gasteiger charge is 2.47. The maximum Gasteiger partial charge on any atom is 0.254 e. The fourth-order valence-electron chi connectivity index (χ4n) is 7.78. The van der Waals surface area contributed by atoms with Crippen LogP contribution in [0.5, 0.6) is 11.6 Å². The van der Waals surface area contributed by atoms with Gasteiger partial charge in [-0.3, -0.25) is 4.79 Å². The number of piperidine rings is 1. The molecule has 11 heteroatoms. The summed E-state index contributed by atoms with van der Waals surface area (Å²) in [5.41, 5.74) is 12.1. The predicted molar refractivity (Wildman–Crippen MR) is 178 cm³/mol. The van der Waals surface area contributed by atoms with Gasteiger partial charge in [-0.1, -0.05) is 18.2 Å². The number of fused-ring (bicyclic) bond motifs is 4. The Morgan fingerprint density at radius 1 is 1.06 bits per heavy atom. The van der Waals surface area contributed by atoms with E-state index in [0.29, 0.717) is 47.4 Å². The fourth-order valence-corrected chi connectivity index (χ4v) is 7.78. The molecule has 3 atom stereocenters. The number of carbonyl (C=O) groups is 1. The summed E-state index contributed by atoms with van der Waals surface area (Å²) in [6, 6.07) is 18.1.